The van der Waals surface area contributed by atoms with Gasteiger partial charge in [0.05, 0.1) is 0 Å². The highest BCUT2D eigenvalue weighted by atomic mass is 16.5. The Labute approximate surface area is 158 Å². The number of benzene rings is 1. The fourth-order valence-corrected chi connectivity index (χ4v) is 2.90. The number of aromatic nitrogens is 2. The molecule has 0 spiro atoms. The minimum Gasteiger partial charge on any atom is -0.375 e. The van der Waals surface area contributed by atoms with Crippen molar-refractivity contribution < 1.29 is 14.3 Å². The number of carbonyl (C=O) groups is 2. The van der Waals surface area contributed by atoms with Gasteiger partial charge in [-0.05, 0) is 43.5 Å². The Hall–Kier alpha value is -2.87. The maximum Gasteiger partial charge on any atom is 0.319 e. The van der Waals surface area contributed by atoms with Crippen molar-refractivity contribution in [3.8, 4) is 0 Å². The van der Waals surface area contributed by atoms with Gasteiger partial charge in [0.2, 0.25) is 5.91 Å². The molecular formula is C19H25N5O3. The first-order valence-electron chi connectivity index (χ1n) is 8.91. The van der Waals surface area contributed by atoms with Gasteiger partial charge in [0, 0.05) is 49.4 Å². The first-order chi connectivity index (χ1) is 13.0. The molecule has 1 aliphatic rings. The molecular weight excluding hydrogens is 346 g/mol. The third-order valence-electron chi connectivity index (χ3n) is 4.68. The average Bonchev–Trinajstić information content (AvgIpc) is 3.20. The summed E-state index contributed by atoms with van der Waals surface area (Å²) in [7, 11) is 1.46. The van der Waals surface area contributed by atoms with Crippen molar-refractivity contribution in [3.63, 3.8) is 0 Å². The van der Waals surface area contributed by atoms with Gasteiger partial charge in [-0.2, -0.15) is 5.10 Å². The van der Waals surface area contributed by atoms with E-state index in [4.69, 9.17) is 4.74 Å². The number of ether oxygens (including phenoxy) is 1. The van der Waals surface area contributed by atoms with Gasteiger partial charge in [-0.15, -0.1) is 0 Å². The van der Waals surface area contributed by atoms with Gasteiger partial charge >= 0.3 is 6.03 Å². The molecule has 8 nitrogen and oxygen atoms in total. The molecule has 2 aromatic rings. The smallest absolute Gasteiger partial charge is 0.319 e. The van der Waals surface area contributed by atoms with Crippen LogP contribution in [0.1, 0.15) is 18.4 Å². The second kappa shape index (κ2) is 8.22. The monoisotopic (exact) mass is 371 g/mol. The van der Waals surface area contributed by atoms with E-state index < -0.39 is 0 Å². The first-order valence-corrected chi connectivity index (χ1v) is 8.91. The van der Waals surface area contributed by atoms with E-state index in [1.165, 1.54) is 7.11 Å². The quantitative estimate of drug-likeness (QED) is 0.664. The number of nitrogens with one attached hydrogen (secondary N) is 3. The second-order valence-corrected chi connectivity index (χ2v) is 7.02. The summed E-state index contributed by atoms with van der Waals surface area (Å²) < 4.78 is 6.71. The number of hydrogen-bond donors (Lipinski definition) is 3. The van der Waals surface area contributed by atoms with Gasteiger partial charge in [-0.3, -0.25) is 9.48 Å². The van der Waals surface area contributed by atoms with Crippen molar-refractivity contribution in [2.45, 2.75) is 26.3 Å². The molecule has 0 aliphatic heterocycles. The van der Waals surface area contributed by atoms with E-state index in [0.717, 1.165) is 24.9 Å². The summed E-state index contributed by atoms with van der Waals surface area (Å²) in [6.45, 7) is 3.29. The summed E-state index contributed by atoms with van der Waals surface area (Å²) in [5, 5.41) is 12.8. The van der Waals surface area contributed by atoms with Crippen molar-refractivity contribution >= 4 is 23.3 Å². The van der Waals surface area contributed by atoms with Crippen molar-refractivity contribution in [1.82, 2.24) is 15.1 Å². The Morgan fingerprint density at radius 1 is 1.30 bits per heavy atom. The Morgan fingerprint density at radius 3 is 2.78 bits per heavy atom. The molecule has 0 radical (unpaired) electrons. The Kier molecular flexibility index (Phi) is 5.75. The van der Waals surface area contributed by atoms with E-state index in [9.17, 15) is 9.59 Å². The van der Waals surface area contributed by atoms with Crippen LogP contribution in [-0.2, 0) is 16.1 Å². The molecule has 8 heteroatoms. The van der Waals surface area contributed by atoms with E-state index in [0.29, 0.717) is 17.9 Å². The molecule has 0 atom stereocenters. The van der Waals surface area contributed by atoms with E-state index >= 15 is 0 Å². The number of aryl methyl sites for hydroxylation is 1. The van der Waals surface area contributed by atoms with Gasteiger partial charge in [0.15, 0.2) is 0 Å². The highest BCUT2D eigenvalue weighted by molar-refractivity contribution is 5.94. The summed E-state index contributed by atoms with van der Waals surface area (Å²) in [6, 6.07) is 7.01. The van der Waals surface area contributed by atoms with E-state index in [-0.39, 0.29) is 24.0 Å². The second-order valence-electron chi connectivity index (χ2n) is 7.02. The van der Waals surface area contributed by atoms with Crippen LogP contribution in [0.15, 0.2) is 36.7 Å². The van der Waals surface area contributed by atoms with Crippen LogP contribution < -0.4 is 16.0 Å². The number of carbonyl (C=O) groups excluding carboxylic acids is 2. The largest absolute Gasteiger partial charge is 0.375 e. The molecule has 1 aromatic heterocycles. The summed E-state index contributed by atoms with van der Waals surface area (Å²) in [4.78, 5) is 24.0. The molecule has 1 aromatic carbocycles. The Morgan fingerprint density at radius 2 is 2.11 bits per heavy atom. The number of hydrogen-bond acceptors (Lipinski definition) is 4. The lowest BCUT2D eigenvalue weighted by Crippen LogP contribution is -2.35. The third kappa shape index (κ3) is 5.30. The van der Waals surface area contributed by atoms with Gasteiger partial charge in [0.1, 0.15) is 6.61 Å². The third-order valence-corrected chi connectivity index (χ3v) is 4.68. The number of urea groups is 1. The number of methoxy groups -OCH3 is 1. The van der Waals surface area contributed by atoms with Crippen molar-refractivity contribution in [2.75, 3.05) is 30.9 Å². The molecule has 3 amide bonds. The van der Waals surface area contributed by atoms with Gasteiger partial charge in [-0.25, -0.2) is 4.79 Å². The molecule has 1 saturated carbocycles. The maximum atomic E-state index is 12.3. The predicted octanol–water partition coefficient (Wildman–Crippen LogP) is 2.38. The molecule has 3 N–H and O–H groups in total. The van der Waals surface area contributed by atoms with Crippen LogP contribution in [0.25, 0.3) is 0 Å². The number of rotatable bonds is 8. The fraction of sp³-hybridized carbons (Fsp3) is 0.421. The lowest BCUT2D eigenvalue weighted by atomic mass is 10.1. The molecule has 27 heavy (non-hydrogen) atoms. The average molecular weight is 371 g/mol. The van der Waals surface area contributed by atoms with Crippen molar-refractivity contribution in [1.29, 1.82) is 0 Å². The van der Waals surface area contributed by atoms with Crippen molar-refractivity contribution in [2.24, 2.45) is 5.41 Å². The van der Waals surface area contributed by atoms with Crippen LogP contribution >= 0.6 is 0 Å². The molecule has 1 aliphatic carbocycles. The minimum absolute atomic E-state index is 0.0184. The zero-order valence-electron chi connectivity index (χ0n) is 15.6. The highest BCUT2D eigenvalue weighted by Crippen LogP contribution is 2.46. The van der Waals surface area contributed by atoms with Crippen LogP contribution in [0.4, 0.5) is 16.2 Å². The fourth-order valence-electron chi connectivity index (χ4n) is 2.90. The van der Waals surface area contributed by atoms with Crippen LogP contribution in [-0.4, -0.2) is 42.0 Å². The van der Waals surface area contributed by atoms with Crippen LogP contribution in [0.5, 0.6) is 0 Å². The molecule has 1 fully saturated rings. The lowest BCUT2D eigenvalue weighted by Gasteiger charge is -2.17. The Balaban J connectivity index is 1.53. The molecule has 3 rings (SSSR count). The molecule has 144 valence electrons. The highest BCUT2D eigenvalue weighted by Gasteiger charge is 2.43. The minimum atomic E-state index is -0.259. The summed E-state index contributed by atoms with van der Waals surface area (Å²) in [5.74, 6) is -0.244. The first kappa shape index (κ1) is 18.9. The van der Waals surface area contributed by atoms with Crippen LogP contribution in [0, 0.1) is 12.3 Å². The molecule has 0 bridgehead atoms. The van der Waals surface area contributed by atoms with Crippen LogP contribution in [0.3, 0.4) is 0 Å². The zero-order valence-corrected chi connectivity index (χ0v) is 15.6. The van der Waals surface area contributed by atoms with Gasteiger partial charge < -0.3 is 20.7 Å². The zero-order chi connectivity index (χ0) is 19.3. The Bertz CT molecular complexity index is 800. The van der Waals surface area contributed by atoms with E-state index in [2.05, 4.69) is 21.0 Å². The number of anilines is 2. The van der Waals surface area contributed by atoms with Crippen molar-refractivity contribution in [3.05, 3.63) is 42.2 Å². The standard InChI is InChI=1S/C19H25N5O3/c1-14-4-5-15(22-17(25)11-27-2)10-16(14)23-18(26)20-12-19(6-7-19)13-24-9-3-8-21-24/h3-5,8-10H,6-7,11-13H2,1-2H3,(H,22,25)(H2,20,23,26). The number of amides is 3. The van der Waals surface area contributed by atoms with Gasteiger partial charge in [0.25, 0.3) is 0 Å². The normalized spacial score (nSPS) is 14.4. The summed E-state index contributed by atoms with van der Waals surface area (Å²) >= 11 is 0. The number of nitrogens with zero attached hydrogens (tertiary/aromatic N) is 2. The molecule has 1 heterocycles. The van der Waals surface area contributed by atoms with Crippen LogP contribution in [0.2, 0.25) is 0 Å². The topological polar surface area (TPSA) is 97.3 Å². The molecule has 0 unspecified atom stereocenters. The van der Waals surface area contributed by atoms with E-state index in [1.54, 1.807) is 18.3 Å². The predicted molar refractivity (Wildman–Crippen MR) is 103 cm³/mol. The maximum absolute atomic E-state index is 12.3. The summed E-state index contributed by atoms with van der Waals surface area (Å²) in [6.07, 6.45) is 5.85. The molecule has 0 saturated heterocycles. The van der Waals surface area contributed by atoms with Gasteiger partial charge in [-0.1, -0.05) is 6.07 Å². The lowest BCUT2D eigenvalue weighted by molar-refractivity contribution is -0.119. The SMILES string of the molecule is COCC(=O)Nc1ccc(C)c(NC(=O)NCC2(Cn3cccn3)CC2)c1. The van der Waals surface area contributed by atoms with E-state index in [1.807, 2.05) is 29.9 Å². The summed E-state index contributed by atoms with van der Waals surface area (Å²) in [5.41, 5.74) is 2.26.